The molecule has 6 rings (SSSR count). The summed E-state index contributed by atoms with van der Waals surface area (Å²) in [7, 11) is 4.18. The maximum Gasteiger partial charge on any atom is 0.196 e. The predicted molar refractivity (Wildman–Crippen MR) is 153 cm³/mol. The molecule has 0 aliphatic rings. The van der Waals surface area contributed by atoms with Gasteiger partial charge < -0.3 is 38.4 Å². The van der Waals surface area contributed by atoms with Gasteiger partial charge in [0, 0.05) is 29.1 Å². The predicted octanol–water partition coefficient (Wildman–Crippen LogP) is 5.63. The van der Waals surface area contributed by atoms with Crippen molar-refractivity contribution in [3.8, 4) is 45.6 Å². The third-order valence-electron chi connectivity index (χ3n) is 7.18. The van der Waals surface area contributed by atoms with Gasteiger partial charge >= 0.3 is 0 Å². The first kappa shape index (κ1) is 25.9. The average molecular weight is 557 g/mol. The maximum atomic E-state index is 13.9. The van der Waals surface area contributed by atoms with Crippen LogP contribution in [0, 0.1) is 13.8 Å². The fourth-order valence-corrected chi connectivity index (χ4v) is 5.52. The fraction of sp³-hybridized carbons (Fsp3) is 0.161. The molecule has 0 aliphatic carbocycles. The van der Waals surface area contributed by atoms with Gasteiger partial charge in [-0.2, -0.15) is 0 Å². The number of phenolic OH excluding ortho intramolecular Hbond substituents is 2. The zero-order chi connectivity index (χ0) is 29.3. The monoisotopic (exact) mass is 556 g/mol. The zero-order valence-electron chi connectivity index (χ0n) is 22.7. The first-order valence-electron chi connectivity index (χ1n) is 12.4. The minimum atomic E-state index is -0.584. The Labute approximate surface area is 231 Å². The number of aromatic hydroxyl groups is 3. The summed E-state index contributed by atoms with van der Waals surface area (Å²) in [4.78, 5) is 27.1. The molecular formula is C31H24O10. The Morgan fingerprint density at radius 3 is 2.07 bits per heavy atom. The van der Waals surface area contributed by atoms with E-state index in [0.29, 0.717) is 22.7 Å². The van der Waals surface area contributed by atoms with Gasteiger partial charge in [-0.15, -0.1) is 0 Å². The molecule has 2 heterocycles. The van der Waals surface area contributed by atoms with Gasteiger partial charge in [0.15, 0.2) is 16.4 Å². The van der Waals surface area contributed by atoms with E-state index in [1.54, 1.807) is 26.0 Å². The molecule has 2 aromatic heterocycles. The van der Waals surface area contributed by atoms with Crippen molar-refractivity contribution in [2.24, 2.45) is 0 Å². The third kappa shape index (κ3) is 3.64. The van der Waals surface area contributed by atoms with Crippen LogP contribution in [0.25, 0.3) is 54.6 Å². The van der Waals surface area contributed by atoms with Gasteiger partial charge in [0.25, 0.3) is 0 Å². The number of ether oxygens (including phenoxy) is 3. The van der Waals surface area contributed by atoms with Crippen molar-refractivity contribution < 1.29 is 38.4 Å². The number of aryl methyl sites for hydroxylation is 2. The first-order chi connectivity index (χ1) is 19.6. The van der Waals surface area contributed by atoms with E-state index in [2.05, 4.69) is 0 Å². The van der Waals surface area contributed by atoms with Gasteiger partial charge in [0.2, 0.25) is 0 Å². The number of rotatable bonds is 4. The van der Waals surface area contributed by atoms with Crippen LogP contribution in [0.4, 0.5) is 0 Å². The largest absolute Gasteiger partial charge is 0.507 e. The van der Waals surface area contributed by atoms with Crippen molar-refractivity contribution >= 4 is 43.5 Å². The highest BCUT2D eigenvalue weighted by Crippen LogP contribution is 2.51. The Balaban J connectivity index is 1.90. The Kier molecular flexibility index (Phi) is 5.74. The summed E-state index contributed by atoms with van der Waals surface area (Å²) in [5.41, 5.74) is -1.10. The second-order valence-electron chi connectivity index (χ2n) is 9.62. The molecule has 10 heteroatoms. The Morgan fingerprint density at radius 2 is 1.39 bits per heavy atom. The van der Waals surface area contributed by atoms with Crippen molar-refractivity contribution in [1.29, 1.82) is 0 Å². The lowest BCUT2D eigenvalue weighted by atomic mass is 9.90. The zero-order valence-corrected chi connectivity index (χ0v) is 22.7. The van der Waals surface area contributed by atoms with Crippen molar-refractivity contribution in [3.05, 3.63) is 68.4 Å². The smallest absolute Gasteiger partial charge is 0.196 e. The highest BCUT2D eigenvalue weighted by atomic mass is 16.5. The summed E-state index contributed by atoms with van der Waals surface area (Å²) >= 11 is 0. The second-order valence-corrected chi connectivity index (χ2v) is 9.62. The van der Waals surface area contributed by atoms with Gasteiger partial charge in [0.1, 0.15) is 62.4 Å². The van der Waals surface area contributed by atoms with Crippen LogP contribution in [-0.2, 0) is 0 Å². The quantitative estimate of drug-likeness (QED) is 0.184. The molecule has 0 unspecified atom stereocenters. The summed E-state index contributed by atoms with van der Waals surface area (Å²) in [5, 5.41) is 34.5. The molecule has 41 heavy (non-hydrogen) atoms. The van der Waals surface area contributed by atoms with Crippen molar-refractivity contribution in [2.75, 3.05) is 21.3 Å². The molecule has 0 amide bonds. The van der Waals surface area contributed by atoms with E-state index in [1.807, 2.05) is 0 Å². The number of fused-ring (bicyclic) bond motifs is 5. The number of methoxy groups -OCH3 is 3. The SMILES string of the molecule is COc1cc(OC)c2c(c1)c(-c1c(OC)c3c(O)c4c(O)cc(C)oc4cc3cc1=O)c(O)c1c(=O)cc(C)oc12. The van der Waals surface area contributed by atoms with E-state index in [-0.39, 0.29) is 66.5 Å². The molecule has 0 saturated heterocycles. The standard InChI is InChI=1S/C31H24O10/c1-12-6-17(32)25-21(40-12)9-14-8-19(34)26(30(39-5)22(14)28(25)35)24-16-10-15(37-3)11-20(38-4)23(16)31-27(29(24)36)18(33)7-13(2)41-31/h6-11,32,35-36H,1-5H3. The molecule has 0 saturated carbocycles. The molecule has 0 radical (unpaired) electrons. The van der Waals surface area contributed by atoms with Gasteiger partial charge in [0.05, 0.1) is 37.7 Å². The van der Waals surface area contributed by atoms with Crippen LogP contribution in [-0.4, -0.2) is 36.6 Å². The summed E-state index contributed by atoms with van der Waals surface area (Å²) in [5.74, 6) is 0.0463. The Bertz CT molecular complexity index is 2210. The van der Waals surface area contributed by atoms with Gasteiger partial charge in [-0.3, -0.25) is 9.59 Å². The molecule has 0 aliphatic heterocycles. The van der Waals surface area contributed by atoms with Crippen LogP contribution in [0.3, 0.4) is 0 Å². The van der Waals surface area contributed by atoms with E-state index in [1.165, 1.54) is 45.6 Å². The highest BCUT2D eigenvalue weighted by molar-refractivity contribution is 6.20. The summed E-state index contributed by atoms with van der Waals surface area (Å²) in [6.07, 6.45) is 0. The average Bonchev–Trinajstić information content (AvgIpc) is 2.91. The lowest BCUT2D eigenvalue weighted by Crippen LogP contribution is -2.09. The minimum Gasteiger partial charge on any atom is -0.507 e. The molecule has 10 nitrogen and oxygen atoms in total. The summed E-state index contributed by atoms with van der Waals surface area (Å²) in [6, 6.07) is 8.51. The summed E-state index contributed by atoms with van der Waals surface area (Å²) < 4.78 is 28.4. The van der Waals surface area contributed by atoms with Crippen LogP contribution in [0.1, 0.15) is 11.5 Å². The van der Waals surface area contributed by atoms with E-state index < -0.39 is 22.4 Å². The minimum absolute atomic E-state index is 0.0121. The molecule has 0 spiro atoms. The first-order valence-corrected chi connectivity index (χ1v) is 12.4. The Morgan fingerprint density at radius 1 is 0.659 bits per heavy atom. The molecule has 4 aromatic carbocycles. The normalized spacial score (nSPS) is 11.5. The summed E-state index contributed by atoms with van der Waals surface area (Å²) in [6.45, 7) is 3.24. The van der Waals surface area contributed by atoms with E-state index >= 15 is 0 Å². The fourth-order valence-electron chi connectivity index (χ4n) is 5.52. The lowest BCUT2D eigenvalue weighted by molar-refractivity contribution is 0.397. The second kappa shape index (κ2) is 9.09. The number of hydrogen-bond donors (Lipinski definition) is 3. The van der Waals surface area contributed by atoms with Crippen molar-refractivity contribution in [3.63, 3.8) is 0 Å². The molecule has 0 fully saturated rings. The molecule has 208 valence electrons. The van der Waals surface area contributed by atoms with Crippen LogP contribution in [0.15, 0.2) is 54.8 Å². The molecule has 0 bridgehead atoms. The molecule has 0 atom stereocenters. The number of benzene rings is 4. The van der Waals surface area contributed by atoms with Gasteiger partial charge in [-0.05, 0) is 37.4 Å². The van der Waals surface area contributed by atoms with Crippen LogP contribution in [0.5, 0.6) is 34.5 Å². The third-order valence-corrected chi connectivity index (χ3v) is 7.18. The molecule has 3 N–H and O–H groups in total. The van der Waals surface area contributed by atoms with E-state index in [4.69, 9.17) is 23.0 Å². The van der Waals surface area contributed by atoms with Gasteiger partial charge in [-0.25, -0.2) is 0 Å². The van der Waals surface area contributed by atoms with E-state index in [9.17, 15) is 24.9 Å². The van der Waals surface area contributed by atoms with Crippen LogP contribution < -0.4 is 25.1 Å². The van der Waals surface area contributed by atoms with Crippen molar-refractivity contribution in [2.45, 2.75) is 13.8 Å². The van der Waals surface area contributed by atoms with Crippen LogP contribution >= 0.6 is 0 Å². The Hall–Kier alpha value is -5.38. The highest BCUT2D eigenvalue weighted by Gasteiger charge is 2.29. The molecule has 6 aromatic rings. The van der Waals surface area contributed by atoms with Crippen LogP contribution in [0.2, 0.25) is 0 Å². The maximum absolute atomic E-state index is 13.9. The lowest BCUT2D eigenvalue weighted by Gasteiger charge is -2.19. The van der Waals surface area contributed by atoms with Crippen molar-refractivity contribution in [1.82, 2.24) is 0 Å². The van der Waals surface area contributed by atoms with E-state index in [0.717, 1.165) is 0 Å². The molecular weight excluding hydrogens is 532 g/mol. The number of phenols is 2. The topological polar surface area (TPSA) is 149 Å². The number of hydrogen-bond acceptors (Lipinski definition) is 10. The van der Waals surface area contributed by atoms with Gasteiger partial charge in [-0.1, -0.05) is 0 Å².